The number of hydrogen-bond acceptors (Lipinski definition) is 2. The van der Waals surface area contributed by atoms with E-state index in [1.54, 1.807) is 0 Å². The van der Waals surface area contributed by atoms with Gasteiger partial charge in [0.2, 0.25) is 0 Å². The van der Waals surface area contributed by atoms with E-state index in [1.165, 1.54) is 18.4 Å². The second-order valence-corrected chi connectivity index (χ2v) is 6.94. The maximum atomic E-state index is 6.05. The van der Waals surface area contributed by atoms with E-state index in [0.29, 0.717) is 6.04 Å². The van der Waals surface area contributed by atoms with Gasteiger partial charge in [-0.25, -0.2) is 0 Å². The first kappa shape index (κ1) is 15.8. The van der Waals surface area contributed by atoms with Gasteiger partial charge in [-0.3, -0.25) is 4.90 Å². The lowest BCUT2D eigenvalue weighted by molar-refractivity contribution is 0.0776. The summed E-state index contributed by atoms with van der Waals surface area (Å²) in [6, 6.07) is 8.92. The zero-order chi connectivity index (χ0) is 14.5. The average Bonchev–Trinajstić information content (AvgIpc) is 2.32. The van der Waals surface area contributed by atoms with Gasteiger partial charge >= 0.3 is 0 Å². The molecule has 1 saturated carbocycles. The third-order valence-electron chi connectivity index (χ3n) is 4.22. The summed E-state index contributed by atoms with van der Waals surface area (Å²) in [6.07, 6.45) is 2.68. The van der Waals surface area contributed by atoms with Crippen LogP contribution in [-0.4, -0.2) is 31.1 Å². The Balaban J connectivity index is 1.79. The fourth-order valence-electron chi connectivity index (χ4n) is 2.97. The largest absolute Gasteiger partial charge is 0.316 e. The molecule has 2 nitrogen and oxygen atoms in total. The quantitative estimate of drug-likeness (QED) is 0.823. The van der Waals surface area contributed by atoms with Crippen LogP contribution in [0.15, 0.2) is 24.3 Å². The van der Waals surface area contributed by atoms with E-state index in [9.17, 15) is 0 Å². The lowest BCUT2D eigenvalue weighted by Crippen LogP contribution is -2.48. The van der Waals surface area contributed by atoms with Gasteiger partial charge in [0.05, 0.1) is 0 Å². The van der Waals surface area contributed by atoms with Crippen molar-refractivity contribution in [2.24, 2.45) is 11.8 Å². The van der Waals surface area contributed by atoms with Crippen LogP contribution in [0.5, 0.6) is 0 Å². The fourth-order valence-corrected chi connectivity index (χ4v) is 3.18. The summed E-state index contributed by atoms with van der Waals surface area (Å²) in [5.41, 5.74) is 1.31. The summed E-state index contributed by atoms with van der Waals surface area (Å²) >= 11 is 6.05. The minimum Gasteiger partial charge on any atom is -0.316 e. The first-order chi connectivity index (χ1) is 9.56. The highest BCUT2D eigenvalue weighted by atomic mass is 35.5. The van der Waals surface area contributed by atoms with Crippen LogP contribution < -0.4 is 5.32 Å². The molecule has 0 heterocycles. The van der Waals surface area contributed by atoms with Gasteiger partial charge in [0.25, 0.3) is 0 Å². The molecule has 0 spiro atoms. The summed E-state index contributed by atoms with van der Waals surface area (Å²) in [6.45, 7) is 7.79. The number of benzene rings is 1. The van der Waals surface area contributed by atoms with E-state index >= 15 is 0 Å². The fraction of sp³-hybridized carbons (Fsp3) is 0.647. The van der Waals surface area contributed by atoms with Crippen LogP contribution in [-0.2, 0) is 6.54 Å². The predicted octanol–water partition coefficient (Wildman–Crippen LogP) is 3.80. The Morgan fingerprint density at radius 2 is 2.15 bits per heavy atom. The third-order valence-corrected chi connectivity index (χ3v) is 4.46. The first-order valence-corrected chi connectivity index (χ1v) is 8.09. The Hall–Kier alpha value is -0.570. The van der Waals surface area contributed by atoms with E-state index in [1.807, 2.05) is 12.1 Å². The molecule has 0 amide bonds. The summed E-state index contributed by atoms with van der Waals surface area (Å²) in [7, 11) is 2.24. The van der Waals surface area contributed by atoms with E-state index in [0.717, 1.165) is 36.5 Å². The van der Waals surface area contributed by atoms with Gasteiger partial charge in [-0.1, -0.05) is 37.6 Å². The smallest absolute Gasteiger partial charge is 0.0409 e. The number of hydrogen-bond donors (Lipinski definition) is 1. The van der Waals surface area contributed by atoms with Crippen LogP contribution in [0.25, 0.3) is 0 Å². The van der Waals surface area contributed by atoms with Crippen molar-refractivity contribution in [3.8, 4) is 0 Å². The second-order valence-electron chi connectivity index (χ2n) is 6.50. The molecule has 2 rings (SSSR count). The molecule has 2 unspecified atom stereocenters. The van der Waals surface area contributed by atoms with Crippen LogP contribution >= 0.6 is 11.6 Å². The topological polar surface area (TPSA) is 15.3 Å². The molecule has 0 radical (unpaired) electrons. The van der Waals surface area contributed by atoms with Crippen molar-refractivity contribution in [3.05, 3.63) is 34.9 Å². The molecule has 1 aromatic carbocycles. The highest BCUT2D eigenvalue weighted by Crippen LogP contribution is 2.31. The van der Waals surface area contributed by atoms with Crippen molar-refractivity contribution in [2.45, 2.75) is 39.3 Å². The Labute approximate surface area is 128 Å². The minimum absolute atomic E-state index is 0.716. The maximum Gasteiger partial charge on any atom is 0.0409 e. The van der Waals surface area contributed by atoms with Gasteiger partial charge in [-0.15, -0.1) is 0 Å². The molecule has 20 heavy (non-hydrogen) atoms. The predicted molar refractivity (Wildman–Crippen MR) is 87.1 cm³/mol. The Kier molecular flexibility index (Phi) is 5.88. The minimum atomic E-state index is 0.716. The Bertz CT molecular complexity index is 419. The highest BCUT2D eigenvalue weighted by Gasteiger charge is 2.33. The zero-order valence-corrected chi connectivity index (χ0v) is 13.7. The summed E-state index contributed by atoms with van der Waals surface area (Å²) in [4.78, 5) is 2.48. The molecule has 3 heteroatoms. The van der Waals surface area contributed by atoms with Crippen LogP contribution in [0.2, 0.25) is 5.02 Å². The van der Waals surface area contributed by atoms with E-state index in [-0.39, 0.29) is 0 Å². The van der Waals surface area contributed by atoms with Gasteiger partial charge in [-0.2, -0.15) is 0 Å². The second kappa shape index (κ2) is 7.44. The lowest BCUT2D eigenvalue weighted by Gasteiger charge is -2.43. The molecule has 1 aliphatic rings. The van der Waals surface area contributed by atoms with Crippen LogP contribution in [0.1, 0.15) is 32.3 Å². The molecule has 1 N–H and O–H groups in total. The maximum absolute atomic E-state index is 6.05. The standard InChI is InChI=1S/C17H27ClN2/c1-13(2)10-19-11-15-7-8-17(15)20(3)12-14-5-4-6-16(18)9-14/h4-6,9,13,15,17,19H,7-8,10-12H2,1-3H3. The van der Waals surface area contributed by atoms with Crippen LogP contribution in [0.3, 0.4) is 0 Å². The van der Waals surface area contributed by atoms with Crippen molar-refractivity contribution in [1.82, 2.24) is 10.2 Å². The van der Waals surface area contributed by atoms with Gasteiger partial charge < -0.3 is 5.32 Å². The SMILES string of the molecule is CC(C)CNCC1CCC1N(C)Cc1cccc(Cl)c1. The summed E-state index contributed by atoms with van der Waals surface area (Å²) < 4.78 is 0. The summed E-state index contributed by atoms with van der Waals surface area (Å²) in [5, 5.41) is 4.43. The Morgan fingerprint density at radius 1 is 1.35 bits per heavy atom. The molecule has 1 aliphatic carbocycles. The van der Waals surface area contributed by atoms with Gasteiger partial charge in [0.1, 0.15) is 0 Å². The van der Waals surface area contributed by atoms with Crippen molar-refractivity contribution in [3.63, 3.8) is 0 Å². The molecule has 0 aromatic heterocycles. The number of halogens is 1. The molecule has 0 bridgehead atoms. The van der Waals surface area contributed by atoms with E-state index in [4.69, 9.17) is 11.6 Å². The van der Waals surface area contributed by atoms with E-state index < -0.39 is 0 Å². The molecular formula is C17H27ClN2. The van der Waals surface area contributed by atoms with Gasteiger partial charge in [0.15, 0.2) is 0 Å². The van der Waals surface area contributed by atoms with Crippen molar-refractivity contribution in [1.29, 1.82) is 0 Å². The van der Waals surface area contributed by atoms with Crippen molar-refractivity contribution >= 4 is 11.6 Å². The third kappa shape index (κ3) is 4.47. The molecule has 2 atom stereocenters. The van der Waals surface area contributed by atoms with Crippen LogP contribution in [0.4, 0.5) is 0 Å². The monoisotopic (exact) mass is 294 g/mol. The molecule has 1 fully saturated rings. The van der Waals surface area contributed by atoms with Crippen molar-refractivity contribution in [2.75, 3.05) is 20.1 Å². The molecule has 0 saturated heterocycles. The van der Waals surface area contributed by atoms with Gasteiger partial charge in [-0.05, 0) is 62.5 Å². The lowest BCUT2D eigenvalue weighted by atomic mass is 9.78. The Morgan fingerprint density at radius 3 is 2.75 bits per heavy atom. The number of nitrogens with one attached hydrogen (secondary N) is 1. The zero-order valence-electron chi connectivity index (χ0n) is 12.9. The molecule has 112 valence electrons. The molecular weight excluding hydrogens is 268 g/mol. The summed E-state index contributed by atoms with van der Waals surface area (Å²) in [5.74, 6) is 1.54. The number of rotatable bonds is 7. The average molecular weight is 295 g/mol. The first-order valence-electron chi connectivity index (χ1n) is 7.71. The van der Waals surface area contributed by atoms with Crippen LogP contribution in [0, 0.1) is 11.8 Å². The highest BCUT2D eigenvalue weighted by molar-refractivity contribution is 6.30. The van der Waals surface area contributed by atoms with E-state index in [2.05, 4.69) is 43.2 Å². The number of nitrogens with zero attached hydrogens (tertiary/aromatic N) is 1. The van der Waals surface area contributed by atoms with Crippen molar-refractivity contribution < 1.29 is 0 Å². The molecule has 1 aromatic rings. The normalized spacial score (nSPS) is 22.3. The molecule has 0 aliphatic heterocycles. The van der Waals surface area contributed by atoms with Gasteiger partial charge in [0, 0.05) is 17.6 Å².